The van der Waals surface area contributed by atoms with E-state index in [0.29, 0.717) is 11.4 Å². The Morgan fingerprint density at radius 1 is 1.32 bits per heavy atom. The predicted molar refractivity (Wildman–Crippen MR) is 72.7 cm³/mol. The molecule has 1 saturated carbocycles. The number of benzene rings is 1. The Hall–Kier alpha value is -2.12. The highest BCUT2D eigenvalue weighted by Crippen LogP contribution is 2.27. The number of nitrogens with two attached hydrogens (primary N) is 1. The first-order valence-electron chi connectivity index (χ1n) is 6.48. The minimum absolute atomic E-state index is 0.0794. The molecule has 0 saturated heterocycles. The van der Waals surface area contributed by atoms with Crippen molar-refractivity contribution in [2.75, 3.05) is 0 Å². The molecule has 2 unspecified atom stereocenters. The van der Waals surface area contributed by atoms with Gasteiger partial charge in [0.05, 0.1) is 5.52 Å². The highest BCUT2D eigenvalue weighted by Gasteiger charge is 2.24. The SMILES string of the molecule is N#Cc1cc2ccccc2nc1OC1CCC(N)C1. The van der Waals surface area contributed by atoms with Gasteiger partial charge in [0.25, 0.3) is 0 Å². The van der Waals surface area contributed by atoms with Crippen LogP contribution in [0.1, 0.15) is 24.8 Å². The second-order valence-electron chi connectivity index (χ2n) is 4.96. The van der Waals surface area contributed by atoms with Crippen molar-refractivity contribution in [3.63, 3.8) is 0 Å². The topological polar surface area (TPSA) is 71.9 Å². The molecule has 1 aromatic carbocycles. The summed E-state index contributed by atoms with van der Waals surface area (Å²) in [7, 11) is 0. The largest absolute Gasteiger partial charge is 0.473 e. The molecule has 1 aliphatic carbocycles. The summed E-state index contributed by atoms with van der Waals surface area (Å²) in [5, 5.41) is 10.2. The fraction of sp³-hybridized carbons (Fsp3) is 0.333. The van der Waals surface area contributed by atoms with Crippen LogP contribution < -0.4 is 10.5 Å². The first-order valence-corrected chi connectivity index (χ1v) is 6.48. The molecule has 0 amide bonds. The molecule has 4 heteroatoms. The molecule has 96 valence electrons. The Morgan fingerprint density at radius 3 is 2.89 bits per heavy atom. The molecule has 4 nitrogen and oxygen atoms in total. The van der Waals surface area contributed by atoms with E-state index in [1.54, 1.807) is 0 Å². The molecule has 0 aliphatic heterocycles. The normalized spacial score (nSPS) is 22.3. The van der Waals surface area contributed by atoms with Crippen molar-refractivity contribution in [1.29, 1.82) is 5.26 Å². The molecular formula is C15H15N3O. The minimum atomic E-state index is 0.0794. The Kier molecular flexibility index (Phi) is 3.06. The van der Waals surface area contributed by atoms with Gasteiger partial charge in [-0.25, -0.2) is 4.98 Å². The Bertz CT molecular complexity index is 647. The fourth-order valence-electron chi connectivity index (χ4n) is 2.51. The van der Waals surface area contributed by atoms with Crippen LogP contribution in [0.4, 0.5) is 0 Å². The number of fused-ring (bicyclic) bond motifs is 1. The zero-order valence-corrected chi connectivity index (χ0v) is 10.5. The van der Waals surface area contributed by atoms with E-state index in [1.807, 2.05) is 30.3 Å². The van der Waals surface area contributed by atoms with Crippen molar-refractivity contribution in [3.8, 4) is 11.9 Å². The number of pyridine rings is 1. The number of aromatic nitrogens is 1. The molecule has 0 bridgehead atoms. The fourth-order valence-corrected chi connectivity index (χ4v) is 2.51. The summed E-state index contributed by atoms with van der Waals surface area (Å²) in [6, 6.07) is 11.9. The number of nitrogens with zero attached hydrogens (tertiary/aromatic N) is 2. The number of para-hydroxylation sites is 1. The molecular weight excluding hydrogens is 238 g/mol. The summed E-state index contributed by atoms with van der Waals surface area (Å²) < 4.78 is 5.86. The van der Waals surface area contributed by atoms with Crippen molar-refractivity contribution < 1.29 is 4.74 Å². The van der Waals surface area contributed by atoms with Crippen LogP contribution in [0.5, 0.6) is 5.88 Å². The average molecular weight is 253 g/mol. The second-order valence-corrected chi connectivity index (χ2v) is 4.96. The van der Waals surface area contributed by atoms with Crippen molar-refractivity contribution in [3.05, 3.63) is 35.9 Å². The van der Waals surface area contributed by atoms with Crippen LogP contribution in [-0.4, -0.2) is 17.1 Å². The Balaban J connectivity index is 1.95. The molecule has 1 heterocycles. The van der Waals surface area contributed by atoms with Crippen LogP contribution in [0.2, 0.25) is 0 Å². The van der Waals surface area contributed by atoms with Gasteiger partial charge in [0.1, 0.15) is 17.7 Å². The smallest absolute Gasteiger partial charge is 0.232 e. The van der Waals surface area contributed by atoms with Gasteiger partial charge < -0.3 is 10.5 Å². The number of rotatable bonds is 2. The number of hydrogen-bond acceptors (Lipinski definition) is 4. The van der Waals surface area contributed by atoms with Gasteiger partial charge in [-0.05, 0) is 31.4 Å². The van der Waals surface area contributed by atoms with Gasteiger partial charge in [-0.1, -0.05) is 18.2 Å². The molecule has 19 heavy (non-hydrogen) atoms. The molecule has 1 fully saturated rings. The zero-order valence-electron chi connectivity index (χ0n) is 10.5. The third-order valence-corrected chi connectivity index (χ3v) is 3.51. The molecule has 1 aromatic heterocycles. The molecule has 1 aliphatic rings. The first-order chi connectivity index (χ1) is 9.26. The van der Waals surface area contributed by atoms with Gasteiger partial charge in [-0.15, -0.1) is 0 Å². The van der Waals surface area contributed by atoms with Crippen LogP contribution in [-0.2, 0) is 0 Å². The van der Waals surface area contributed by atoms with E-state index in [1.165, 1.54) is 0 Å². The second kappa shape index (κ2) is 4.87. The van der Waals surface area contributed by atoms with Crippen LogP contribution in [0.3, 0.4) is 0 Å². The summed E-state index contributed by atoms with van der Waals surface area (Å²) in [5.41, 5.74) is 7.21. The van der Waals surface area contributed by atoms with Crippen LogP contribution >= 0.6 is 0 Å². The summed E-state index contributed by atoms with van der Waals surface area (Å²) in [6.45, 7) is 0. The molecule has 0 radical (unpaired) electrons. The van der Waals surface area contributed by atoms with Crippen molar-refractivity contribution in [1.82, 2.24) is 4.98 Å². The van der Waals surface area contributed by atoms with E-state index in [-0.39, 0.29) is 12.1 Å². The lowest BCUT2D eigenvalue weighted by molar-refractivity contribution is 0.200. The zero-order chi connectivity index (χ0) is 13.2. The van der Waals surface area contributed by atoms with Gasteiger partial charge in [0.15, 0.2) is 0 Å². The van der Waals surface area contributed by atoms with E-state index in [4.69, 9.17) is 10.5 Å². The van der Waals surface area contributed by atoms with Crippen molar-refractivity contribution >= 4 is 10.9 Å². The molecule has 2 aromatic rings. The van der Waals surface area contributed by atoms with E-state index in [9.17, 15) is 5.26 Å². The van der Waals surface area contributed by atoms with Crippen LogP contribution in [0.25, 0.3) is 10.9 Å². The van der Waals surface area contributed by atoms with E-state index in [0.717, 1.165) is 30.2 Å². The Morgan fingerprint density at radius 2 is 2.16 bits per heavy atom. The summed E-state index contributed by atoms with van der Waals surface area (Å²) in [4.78, 5) is 4.45. The highest BCUT2D eigenvalue weighted by molar-refractivity contribution is 5.80. The monoisotopic (exact) mass is 253 g/mol. The van der Waals surface area contributed by atoms with E-state index in [2.05, 4.69) is 11.1 Å². The summed E-state index contributed by atoms with van der Waals surface area (Å²) >= 11 is 0. The lowest BCUT2D eigenvalue weighted by Crippen LogP contribution is -2.19. The molecule has 0 spiro atoms. The van der Waals surface area contributed by atoms with E-state index < -0.39 is 0 Å². The van der Waals surface area contributed by atoms with Crippen molar-refractivity contribution in [2.24, 2.45) is 5.73 Å². The summed E-state index contributed by atoms with van der Waals surface area (Å²) in [6.07, 6.45) is 2.82. The minimum Gasteiger partial charge on any atom is -0.473 e. The van der Waals surface area contributed by atoms with Gasteiger partial charge in [-0.2, -0.15) is 5.26 Å². The van der Waals surface area contributed by atoms with Crippen molar-refractivity contribution in [2.45, 2.75) is 31.4 Å². The van der Waals surface area contributed by atoms with Gasteiger partial charge in [-0.3, -0.25) is 0 Å². The molecule has 2 atom stereocenters. The third-order valence-electron chi connectivity index (χ3n) is 3.51. The molecule has 3 rings (SSSR count). The maximum Gasteiger partial charge on any atom is 0.232 e. The van der Waals surface area contributed by atoms with E-state index >= 15 is 0 Å². The lowest BCUT2D eigenvalue weighted by Gasteiger charge is -2.14. The number of hydrogen-bond donors (Lipinski definition) is 1. The van der Waals surface area contributed by atoms with Gasteiger partial charge in [0, 0.05) is 11.4 Å². The third kappa shape index (κ3) is 2.38. The standard InChI is InChI=1S/C15H15N3O/c16-9-11-7-10-3-1-2-4-14(10)18-15(11)19-13-6-5-12(17)8-13/h1-4,7,12-13H,5-6,8,17H2. The molecule has 2 N–H and O–H groups in total. The van der Waals surface area contributed by atoms with Crippen LogP contribution in [0.15, 0.2) is 30.3 Å². The van der Waals surface area contributed by atoms with Gasteiger partial charge in [0.2, 0.25) is 5.88 Å². The quantitative estimate of drug-likeness (QED) is 0.891. The number of ether oxygens (including phenoxy) is 1. The lowest BCUT2D eigenvalue weighted by atomic mass is 10.1. The predicted octanol–water partition coefficient (Wildman–Crippen LogP) is 2.37. The first kappa shape index (κ1) is 11.9. The maximum atomic E-state index is 9.21. The summed E-state index contributed by atoms with van der Waals surface area (Å²) in [5.74, 6) is 0.431. The van der Waals surface area contributed by atoms with Gasteiger partial charge >= 0.3 is 0 Å². The average Bonchev–Trinajstić information content (AvgIpc) is 2.83. The van der Waals surface area contributed by atoms with Crippen LogP contribution in [0, 0.1) is 11.3 Å². The Labute approximate surface area is 111 Å². The maximum absolute atomic E-state index is 9.21. The highest BCUT2D eigenvalue weighted by atomic mass is 16.5. The number of nitriles is 1.